The fraction of sp³-hybridized carbons (Fsp3) is 0.357. The number of hydrogen-bond donors (Lipinski definition) is 0. The van der Waals surface area contributed by atoms with E-state index in [0.29, 0.717) is 0 Å². The number of piperidine rings is 1. The van der Waals surface area contributed by atoms with E-state index < -0.39 is 12.0 Å². The van der Waals surface area contributed by atoms with Gasteiger partial charge in [0.2, 0.25) is 0 Å². The van der Waals surface area contributed by atoms with Gasteiger partial charge in [-0.1, -0.05) is 48.0 Å². The standard InChI is InChI=1S/C28H30N2O4S/c1-4-18-17-29(14-15-35-19-10-6-5-7-11-19)23-16-21(18)25(27(31)33-2)24-20-12-8-9-13-22(20)30(26(23)24)28(32)34-3/h4-13,21,23,25H,14-17H2,1-3H3/b18-4-/t21-,23-,25-/m0/s1. The van der Waals surface area contributed by atoms with E-state index in [0.717, 1.165) is 47.4 Å². The van der Waals surface area contributed by atoms with Crippen molar-refractivity contribution in [2.45, 2.75) is 30.2 Å². The van der Waals surface area contributed by atoms with E-state index in [1.165, 1.54) is 24.7 Å². The van der Waals surface area contributed by atoms with Gasteiger partial charge in [-0.3, -0.25) is 9.69 Å². The van der Waals surface area contributed by atoms with Gasteiger partial charge in [-0.2, -0.15) is 0 Å². The topological polar surface area (TPSA) is 60.8 Å². The molecule has 5 rings (SSSR count). The lowest BCUT2D eigenvalue weighted by molar-refractivity contribution is -0.144. The molecule has 35 heavy (non-hydrogen) atoms. The summed E-state index contributed by atoms with van der Waals surface area (Å²) in [7, 11) is 2.85. The van der Waals surface area contributed by atoms with Crippen molar-refractivity contribution in [3.05, 3.63) is 77.5 Å². The van der Waals surface area contributed by atoms with E-state index in [4.69, 9.17) is 9.47 Å². The first-order chi connectivity index (χ1) is 17.1. The first-order valence-electron chi connectivity index (χ1n) is 11.9. The van der Waals surface area contributed by atoms with Crippen molar-refractivity contribution in [3.8, 4) is 0 Å². The molecule has 1 aliphatic carbocycles. The number of rotatable bonds is 5. The van der Waals surface area contributed by atoms with E-state index in [-0.39, 0.29) is 17.9 Å². The van der Waals surface area contributed by atoms with Gasteiger partial charge in [0.1, 0.15) is 0 Å². The molecule has 1 aliphatic heterocycles. The van der Waals surface area contributed by atoms with Crippen LogP contribution in [-0.4, -0.2) is 54.6 Å². The van der Waals surface area contributed by atoms with E-state index >= 15 is 0 Å². The summed E-state index contributed by atoms with van der Waals surface area (Å²) in [5.74, 6) is 0.264. The number of fused-ring (bicyclic) bond motifs is 6. The molecule has 0 saturated carbocycles. The van der Waals surface area contributed by atoms with Crippen molar-refractivity contribution in [2.75, 3.05) is 33.1 Å². The number of carbonyl (C=O) groups is 2. The maximum atomic E-state index is 13.2. The van der Waals surface area contributed by atoms with Gasteiger partial charge < -0.3 is 9.47 Å². The molecule has 1 fully saturated rings. The van der Waals surface area contributed by atoms with Crippen LogP contribution in [0.15, 0.2) is 71.1 Å². The van der Waals surface area contributed by atoms with Crippen molar-refractivity contribution in [1.29, 1.82) is 0 Å². The molecule has 1 aromatic heterocycles. The number of carbonyl (C=O) groups excluding carboxylic acids is 2. The normalized spacial score (nSPS) is 22.7. The molecular formula is C28H30N2O4S. The molecule has 0 unspecified atom stereocenters. The largest absolute Gasteiger partial charge is 0.469 e. The molecule has 3 aromatic rings. The summed E-state index contributed by atoms with van der Waals surface area (Å²) in [5, 5.41) is 0.911. The average Bonchev–Trinajstić information content (AvgIpc) is 3.24. The number of thioether (sulfide) groups is 1. The molecule has 2 bridgehead atoms. The maximum absolute atomic E-state index is 13.2. The van der Waals surface area contributed by atoms with Crippen LogP contribution >= 0.6 is 11.8 Å². The summed E-state index contributed by atoms with van der Waals surface area (Å²) in [4.78, 5) is 30.0. The lowest BCUT2D eigenvalue weighted by Gasteiger charge is -2.47. The van der Waals surface area contributed by atoms with E-state index in [1.807, 2.05) is 49.0 Å². The minimum Gasteiger partial charge on any atom is -0.469 e. The fourth-order valence-corrected chi connectivity index (χ4v) is 6.72. The van der Waals surface area contributed by atoms with E-state index in [2.05, 4.69) is 35.2 Å². The Bertz CT molecular complexity index is 1280. The Kier molecular flexibility index (Phi) is 6.71. The van der Waals surface area contributed by atoms with Gasteiger partial charge in [0.15, 0.2) is 0 Å². The van der Waals surface area contributed by atoms with Crippen molar-refractivity contribution in [2.24, 2.45) is 5.92 Å². The summed E-state index contributed by atoms with van der Waals surface area (Å²) >= 11 is 1.83. The van der Waals surface area contributed by atoms with Crippen molar-refractivity contribution >= 4 is 34.7 Å². The summed E-state index contributed by atoms with van der Waals surface area (Å²) in [6, 6.07) is 18.2. The Hall–Kier alpha value is -3.03. The molecular weight excluding hydrogens is 460 g/mol. The highest BCUT2D eigenvalue weighted by Gasteiger charge is 2.49. The lowest BCUT2D eigenvalue weighted by atomic mass is 9.68. The van der Waals surface area contributed by atoms with Gasteiger partial charge >= 0.3 is 12.1 Å². The van der Waals surface area contributed by atoms with Crippen LogP contribution in [0.4, 0.5) is 4.79 Å². The Labute approximate surface area is 209 Å². The second-order valence-electron chi connectivity index (χ2n) is 8.98. The Morgan fingerprint density at radius 2 is 1.80 bits per heavy atom. The highest BCUT2D eigenvalue weighted by Crippen LogP contribution is 2.53. The van der Waals surface area contributed by atoms with Gasteiger partial charge in [-0.05, 0) is 37.1 Å². The zero-order valence-electron chi connectivity index (χ0n) is 20.3. The Balaban J connectivity index is 1.62. The number of methoxy groups -OCH3 is 2. The predicted molar refractivity (Wildman–Crippen MR) is 138 cm³/mol. The summed E-state index contributed by atoms with van der Waals surface area (Å²) in [6.07, 6.45) is 2.48. The average molecular weight is 491 g/mol. The third kappa shape index (κ3) is 4.06. The first kappa shape index (κ1) is 23.7. The smallest absolute Gasteiger partial charge is 0.418 e. The van der Waals surface area contributed by atoms with Gasteiger partial charge in [0, 0.05) is 35.0 Å². The molecule has 2 aromatic carbocycles. The number of hydrogen-bond acceptors (Lipinski definition) is 6. The highest BCUT2D eigenvalue weighted by atomic mass is 32.2. The lowest BCUT2D eigenvalue weighted by Crippen LogP contribution is -2.47. The SMILES string of the molecule is C/C=C1/CN(CCSc2ccccc2)[C@H]2C[C@@H]1[C@H](C(=O)OC)c1c2n(C(=O)OC)c2ccccc12. The predicted octanol–water partition coefficient (Wildman–Crippen LogP) is 5.63. The van der Waals surface area contributed by atoms with E-state index in [1.54, 1.807) is 4.57 Å². The number of likely N-dealkylation sites (tertiary alicyclic amines) is 1. The van der Waals surface area contributed by atoms with Crippen LogP contribution in [0.1, 0.15) is 36.6 Å². The highest BCUT2D eigenvalue weighted by molar-refractivity contribution is 7.99. The third-order valence-corrected chi connectivity index (χ3v) is 8.33. The minimum atomic E-state index is -0.450. The molecule has 7 heteroatoms. The van der Waals surface area contributed by atoms with Crippen LogP contribution < -0.4 is 0 Å². The zero-order chi connectivity index (χ0) is 24.5. The molecule has 0 amide bonds. The molecule has 6 nitrogen and oxygen atoms in total. The molecule has 2 heterocycles. The molecule has 1 saturated heterocycles. The summed E-state index contributed by atoms with van der Waals surface area (Å²) < 4.78 is 12.2. The molecule has 2 aliphatic rings. The Morgan fingerprint density at radius 1 is 1.06 bits per heavy atom. The van der Waals surface area contributed by atoms with Gasteiger partial charge in [-0.25, -0.2) is 9.36 Å². The van der Waals surface area contributed by atoms with Crippen LogP contribution in [0.3, 0.4) is 0 Å². The van der Waals surface area contributed by atoms with Crippen molar-refractivity contribution < 1.29 is 19.1 Å². The van der Waals surface area contributed by atoms with Crippen LogP contribution in [-0.2, 0) is 14.3 Å². The number of aromatic nitrogens is 1. The quantitative estimate of drug-likeness (QED) is 0.263. The van der Waals surface area contributed by atoms with Crippen molar-refractivity contribution in [1.82, 2.24) is 9.47 Å². The van der Waals surface area contributed by atoms with Crippen LogP contribution in [0.2, 0.25) is 0 Å². The fourth-order valence-electron chi connectivity index (χ4n) is 5.81. The van der Waals surface area contributed by atoms with Crippen LogP contribution in [0, 0.1) is 5.92 Å². The monoisotopic (exact) mass is 490 g/mol. The number of ether oxygens (including phenoxy) is 2. The molecule has 182 valence electrons. The number of para-hydroxylation sites is 1. The van der Waals surface area contributed by atoms with Crippen LogP contribution in [0.5, 0.6) is 0 Å². The molecule has 0 radical (unpaired) electrons. The zero-order valence-corrected chi connectivity index (χ0v) is 21.1. The molecule has 0 N–H and O–H groups in total. The summed E-state index contributed by atoms with van der Waals surface area (Å²) in [5.41, 5.74) is 3.79. The maximum Gasteiger partial charge on any atom is 0.418 e. The molecule has 0 spiro atoms. The van der Waals surface area contributed by atoms with Crippen LogP contribution in [0.25, 0.3) is 10.9 Å². The molecule has 3 atom stereocenters. The second kappa shape index (κ2) is 9.91. The minimum absolute atomic E-state index is 0.00230. The Morgan fingerprint density at radius 3 is 2.51 bits per heavy atom. The number of benzene rings is 2. The van der Waals surface area contributed by atoms with Gasteiger partial charge in [-0.15, -0.1) is 11.8 Å². The number of allylic oxidation sites excluding steroid dienone is 1. The van der Waals surface area contributed by atoms with Crippen molar-refractivity contribution in [3.63, 3.8) is 0 Å². The second-order valence-corrected chi connectivity index (χ2v) is 10.1. The third-order valence-electron chi connectivity index (χ3n) is 7.33. The summed E-state index contributed by atoms with van der Waals surface area (Å²) in [6.45, 7) is 3.67. The van der Waals surface area contributed by atoms with E-state index in [9.17, 15) is 9.59 Å². The first-order valence-corrected chi connectivity index (χ1v) is 12.9. The van der Waals surface area contributed by atoms with Gasteiger partial charge in [0.25, 0.3) is 0 Å². The van der Waals surface area contributed by atoms with Gasteiger partial charge in [0.05, 0.1) is 37.4 Å². The number of nitrogens with zero attached hydrogens (tertiary/aromatic N) is 2. The number of esters is 1.